The highest BCUT2D eigenvalue weighted by Gasteiger charge is 2.06. The molecule has 0 radical (unpaired) electrons. The second-order valence-corrected chi connectivity index (χ2v) is 4.26. The number of aromatic nitrogens is 1. The minimum Gasteiger partial charge on any atom is -0.365 e. The van der Waals surface area contributed by atoms with Gasteiger partial charge in [0.1, 0.15) is 5.82 Å². The van der Waals surface area contributed by atoms with E-state index in [0.29, 0.717) is 16.0 Å². The number of rotatable bonds is 1. The summed E-state index contributed by atoms with van der Waals surface area (Å²) in [6, 6.07) is 1.78. The van der Waals surface area contributed by atoms with Crippen molar-refractivity contribution in [3.8, 4) is 0 Å². The third-order valence-corrected chi connectivity index (χ3v) is 2.86. The van der Waals surface area contributed by atoms with Crippen molar-refractivity contribution in [3.05, 3.63) is 21.3 Å². The van der Waals surface area contributed by atoms with Gasteiger partial charge in [0.15, 0.2) is 5.11 Å². The summed E-state index contributed by atoms with van der Waals surface area (Å²) in [7, 11) is 1.74. The number of hydrogen-bond donors (Lipinski definition) is 2. The van der Waals surface area contributed by atoms with Crippen LogP contribution in [0.25, 0.3) is 0 Å². The molecule has 0 amide bonds. The van der Waals surface area contributed by atoms with Crippen molar-refractivity contribution >= 4 is 50.7 Å². The Morgan fingerprint density at radius 3 is 2.86 bits per heavy atom. The van der Waals surface area contributed by atoms with Gasteiger partial charge >= 0.3 is 0 Å². The van der Waals surface area contributed by atoms with Crippen LogP contribution in [0.4, 0.5) is 5.82 Å². The number of halogens is 2. The topological polar surface area (TPSA) is 37.0 Å². The number of nitrogens with one attached hydrogen (secondary N) is 2. The van der Waals surface area contributed by atoms with Crippen molar-refractivity contribution in [2.45, 2.75) is 6.92 Å². The van der Waals surface area contributed by atoms with E-state index in [2.05, 4.69) is 31.5 Å². The minimum atomic E-state index is 0.514. The van der Waals surface area contributed by atoms with E-state index in [0.717, 1.165) is 10.2 Å². The molecule has 0 aliphatic rings. The van der Waals surface area contributed by atoms with E-state index in [1.54, 1.807) is 13.1 Å². The molecule has 0 fully saturated rings. The van der Waals surface area contributed by atoms with Crippen LogP contribution >= 0.6 is 39.7 Å². The van der Waals surface area contributed by atoms with Crippen LogP contribution in [0.2, 0.25) is 5.02 Å². The predicted molar refractivity (Wildman–Crippen MR) is 67.0 cm³/mol. The molecule has 1 aromatic heterocycles. The molecule has 1 aromatic rings. The van der Waals surface area contributed by atoms with E-state index in [1.807, 2.05) is 6.92 Å². The van der Waals surface area contributed by atoms with Crippen LogP contribution in [0.15, 0.2) is 10.5 Å². The Morgan fingerprint density at radius 1 is 1.64 bits per heavy atom. The molecule has 0 aliphatic heterocycles. The van der Waals surface area contributed by atoms with E-state index in [-0.39, 0.29) is 0 Å². The monoisotopic (exact) mass is 293 g/mol. The molecule has 6 heteroatoms. The maximum absolute atomic E-state index is 5.89. The van der Waals surface area contributed by atoms with Crippen molar-refractivity contribution in [2.24, 2.45) is 0 Å². The van der Waals surface area contributed by atoms with E-state index in [9.17, 15) is 0 Å². The lowest BCUT2D eigenvalue weighted by atomic mass is 10.4. The van der Waals surface area contributed by atoms with Crippen molar-refractivity contribution in [3.63, 3.8) is 0 Å². The van der Waals surface area contributed by atoms with E-state index < -0.39 is 0 Å². The molecule has 0 bridgehead atoms. The molecule has 0 unspecified atom stereocenters. The van der Waals surface area contributed by atoms with Gasteiger partial charge in [0.2, 0.25) is 0 Å². The zero-order chi connectivity index (χ0) is 10.7. The minimum absolute atomic E-state index is 0.514. The molecule has 1 heterocycles. The lowest BCUT2D eigenvalue weighted by Crippen LogP contribution is -2.25. The lowest BCUT2D eigenvalue weighted by Gasteiger charge is -2.09. The summed E-state index contributed by atoms with van der Waals surface area (Å²) in [5, 5.41) is 6.87. The molecule has 0 aliphatic carbocycles. The summed E-state index contributed by atoms with van der Waals surface area (Å²) in [5.74, 6) is 0.659. The number of thiocarbonyl (C=S) groups is 1. The van der Waals surface area contributed by atoms with E-state index in [4.69, 9.17) is 23.8 Å². The van der Waals surface area contributed by atoms with Gasteiger partial charge in [-0.2, -0.15) is 0 Å². The summed E-state index contributed by atoms with van der Waals surface area (Å²) in [6.45, 7) is 1.84. The SMILES string of the molecule is CNC(=S)Nc1nc(C)c(Cl)cc1Br. The van der Waals surface area contributed by atoms with Crippen molar-refractivity contribution in [2.75, 3.05) is 12.4 Å². The average Bonchev–Trinajstić information content (AvgIpc) is 2.14. The Balaban J connectivity index is 2.98. The Morgan fingerprint density at radius 2 is 2.29 bits per heavy atom. The summed E-state index contributed by atoms with van der Waals surface area (Å²) in [4.78, 5) is 4.24. The van der Waals surface area contributed by atoms with Crippen LogP contribution in [0.3, 0.4) is 0 Å². The summed E-state index contributed by atoms with van der Waals surface area (Å²) in [5.41, 5.74) is 0.760. The molecule has 3 nitrogen and oxygen atoms in total. The highest BCUT2D eigenvalue weighted by molar-refractivity contribution is 9.10. The van der Waals surface area contributed by atoms with Gasteiger partial charge in [-0.1, -0.05) is 11.6 Å². The maximum Gasteiger partial charge on any atom is 0.171 e. The second-order valence-electron chi connectivity index (χ2n) is 2.59. The predicted octanol–water partition coefficient (Wildman–Crippen LogP) is 2.72. The third-order valence-electron chi connectivity index (χ3n) is 1.56. The molecule has 2 N–H and O–H groups in total. The van der Waals surface area contributed by atoms with E-state index >= 15 is 0 Å². The van der Waals surface area contributed by atoms with Crippen LogP contribution in [-0.4, -0.2) is 17.1 Å². The molecule has 0 saturated heterocycles. The first-order chi connectivity index (χ1) is 6.54. The summed E-state index contributed by atoms with van der Waals surface area (Å²) in [6.07, 6.45) is 0. The van der Waals surface area contributed by atoms with Gasteiger partial charge < -0.3 is 10.6 Å². The normalized spacial score (nSPS) is 9.71. The zero-order valence-electron chi connectivity index (χ0n) is 7.69. The number of anilines is 1. The van der Waals surface area contributed by atoms with Crippen LogP contribution < -0.4 is 10.6 Å². The first kappa shape index (κ1) is 11.7. The fourth-order valence-electron chi connectivity index (χ4n) is 0.816. The van der Waals surface area contributed by atoms with Gasteiger partial charge in [-0.05, 0) is 41.1 Å². The number of hydrogen-bond acceptors (Lipinski definition) is 2. The average molecular weight is 295 g/mol. The maximum atomic E-state index is 5.89. The largest absolute Gasteiger partial charge is 0.365 e. The molecule has 0 aromatic carbocycles. The first-order valence-electron chi connectivity index (χ1n) is 3.86. The van der Waals surface area contributed by atoms with Gasteiger partial charge in [0.05, 0.1) is 15.2 Å². The van der Waals surface area contributed by atoms with Crippen LogP contribution in [0.5, 0.6) is 0 Å². The molecule has 0 atom stereocenters. The molecular formula is C8H9BrClN3S. The Bertz CT molecular complexity index is 370. The zero-order valence-corrected chi connectivity index (χ0v) is 10.8. The number of aryl methyl sites for hydroxylation is 1. The van der Waals surface area contributed by atoms with Crippen molar-refractivity contribution in [1.29, 1.82) is 0 Å². The van der Waals surface area contributed by atoms with Gasteiger partial charge in [0, 0.05) is 7.05 Å². The summed E-state index contributed by atoms with van der Waals surface area (Å²) >= 11 is 14.2. The van der Waals surface area contributed by atoms with Crippen LogP contribution in [0, 0.1) is 6.92 Å². The summed E-state index contributed by atoms with van der Waals surface area (Å²) < 4.78 is 0.783. The lowest BCUT2D eigenvalue weighted by molar-refractivity contribution is 1.16. The van der Waals surface area contributed by atoms with Crippen molar-refractivity contribution in [1.82, 2.24) is 10.3 Å². The molecular weight excluding hydrogens is 286 g/mol. The highest BCUT2D eigenvalue weighted by atomic mass is 79.9. The van der Waals surface area contributed by atoms with Gasteiger partial charge in [0.25, 0.3) is 0 Å². The van der Waals surface area contributed by atoms with Gasteiger partial charge in [-0.15, -0.1) is 0 Å². The Labute approximate surface area is 101 Å². The molecule has 14 heavy (non-hydrogen) atoms. The van der Waals surface area contributed by atoms with Crippen LogP contribution in [-0.2, 0) is 0 Å². The quantitative estimate of drug-likeness (QED) is 0.781. The number of pyridine rings is 1. The molecule has 0 saturated carbocycles. The third kappa shape index (κ3) is 2.80. The van der Waals surface area contributed by atoms with E-state index in [1.165, 1.54) is 0 Å². The number of nitrogens with zero attached hydrogens (tertiary/aromatic N) is 1. The Hall–Kier alpha value is -0.390. The fourth-order valence-corrected chi connectivity index (χ4v) is 1.61. The Kier molecular flexibility index (Phi) is 4.10. The second kappa shape index (κ2) is 4.91. The standard InChI is InChI=1S/C8H9BrClN3S/c1-4-6(10)3-5(9)7(12-4)13-8(14)11-2/h3H,1-2H3,(H2,11,12,13,14). The van der Waals surface area contributed by atoms with Crippen molar-refractivity contribution < 1.29 is 0 Å². The fraction of sp³-hybridized carbons (Fsp3) is 0.250. The molecule has 1 rings (SSSR count). The van der Waals surface area contributed by atoms with Gasteiger partial charge in [-0.25, -0.2) is 4.98 Å². The van der Waals surface area contributed by atoms with Gasteiger partial charge in [-0.3, -0.25) is 0 Å². The first-order valence-corrected chi connectivity index (χ1v) is 5.44. The highest BCUT2D eigenvalue weighted by Crippen LogP contribution is 2.25. The van der Waals surface area contributed by atoms with Crippen LogP contribution in [0.1, 0.15) is 5.69 Å². The molecule has 76 valence electrons. The molecule has 0 spiro atoms. The smallest absolute Gasteiger partial charge is 0.171 e.